The smallest absolute Gasteiger partial charge is 0.159 e. The van der Waals surface area contributed by atoms with Crippen LogP contribution in [0.1, 0.15) is 17.7 Å². The molecule has 0 unspecified atom stereocenters. The molecule has 6 rings (SSSR count). The molecular weight excluding hydrogens is 536 g/mol. The van der Waals surface area contributed by atoms with Crippen molar-refractivity contribution in [2.24, 2.45) is 0 Å². The Bertz CT molecular complexity index is 1290. The zero-order chi connectivity index (χ0) is 24.5. The summed E-state index contributed by atoms with van der Waals surface area (Å²) in [5.41, 5.74) is 6.98. The van der Waals surface area contributed by atoms with E-state index in [1.54, 1.807) is 11.3 Å². The third kappa shape index (κ3) is 5.13. The minimum atomic E-state index is 0.449. The van der Waals surface area contributed by atoms with E-state index in [1.807, 2.05) is 17.9 Å². The van der Waals surface area contributed by atoms with Crippen LogP contribution in [0.25, 0.3) is 22.6 Å². The van der Waals surface area contributed by atoms with E-state index in [-0.39, 0.29) is 0 Å². The number of imidazole rings is 1. The predicted molar refractivity (Wildman–Crippen MR) is 151 cm³/mol. The molecule has 0 amide bonds. The first kappa shape index (κ1) is 23.8. The van der Waals surface area contributed by atoms with E-state index in [0.29, 0.717) is 6.04 Å². The third-order valence-electron chi connectivity index (χ3n) is 7.28. The molecule has 10 heteroatoms. The quantitative estimate of drug-likeness (QED) is 0.351. The van der Waals surface area contributed by atoms with Gasteiger partial charge in [0.05, 0.1) is 15.7 Å². The Morgan fingerprint density at radius 2 is 1.83 bits per heavy atom. The Balaban J connectivity index is 1.14. The highest BCUT2D eigenvalue weighted by molar-refractivity contribution is 9.10. The Kier molecular flexibility index (Phi) is 6.92. The number of likely N-dealkylation sites (tertiary alicyclic amines) is 1. The number of aromatic amines is 1. The second-order valence-electron chi connectivity index (χ2n) is 9.76. The molecule has 4 aromatic rings. The molecule has 0 saturated carbocycles. The molecule has 2 fully saturated rings. The van der Waals surface area contributed by atoms with Gasteiger partial charge in [0, 0.05) is 67.3 Å². The van der Waals surface area contributed by atoms with E-state index in [9.17, 15) is 0 Å². The van der Waals surface area contributed by atoms with Gasteiger partial charge in [-0.1, -0.05) is 0 Å². The zero-order valence-electron chi connectivity index (χ0n) is 20.5. The van der Waals surface area contributed by atoms with Crippen molar-refractivity contribution < 1.29 is 0 Å². The van der Waals surface area contributed by atoms with Crippen LogP contribution >= 0.6 is 27.3 Å². The molecule has 36 heavy (non-hydrogen) atoms. The molecule has 2 aliphatic rings. The number of nitrogens with zero attached hydrogens (tertiary/aromatic N) is 6. The van der Waals surface area contributed by atoms with E-state index in [4.69, 9.17) is 4.98 Å². The van der Waals surface area contributed by atoms with E-state index in [0.717, 1.165) is 91.4 Å². The summed E-state index contributed by atoms with van der Waals surface area (Å²) in [5.74, 6) is 0.850. The fraction of sp³-hybridized carbons (Fsp3) is 0.423. The number of pyridine rings is 1. The SMILES string of the molecule is CN1CCC(Nc2c(Br)cnc3[nH]c(-c4ccc(N5CCN(Cc6cncs6)CC5)cc4)nc23)CC1. The van der Waals surface area contributed by atoms with Gasteiger partial charge in [0.15, 0.2) is 5.65 Å². The number of H-pyrrole nitrogens is 1. The van der Waals surface area contributed by atoms with Crippen molar-refractivity contribution >= 4 is 49.8 Å². The maximum absolute atomic E-state index is 4.97. The molecule has 188 valence electrons. The summed E-state index contributed by atoms with van der Waals surface area (Å²) in [6, 6.07) is 9.20. The standard InChI is InChI=1S/C26H31BrN8S/c1-33-8-6-19(7-9-33)30-23-22(27)15-29-26-24(23)31-25(32-26)18-2-4-20(5-3-18)35-12-10-34(11-13-35)16-21-14-28-17-36-21/h2-5,14-15,17,19H,6-13,16H2,1H3,(H2,29,30,31,32). The van der Waals surface area contributed by atoms with Crippen molar-refractivity contribution in [3.8, 4) is 11.4 Å². The topological polar surface area (TPSA) is 76.2 Å². The van der Waals surface area contributed by atoms with Crippen molar-refractivity contribution in [1.82, 2.24) is 29.7 Å². The Morgan fingerprint density at radius 3 is 2.56 bits per heavy atom. The van der Waals surface area contributed by atoms with Gasteiger partial charge in [0.25, 0.3) is 0 Å². The molecule has 0 radical (unpaired) electrons. The molecular formula is C26H31BrN8S. The predicted octanol–water partition coefficient (Wildman–Crippen LogP) is 4.67. The summed E-state index contributed by atoms with van der Waals surface area (Å²) in [6.07, 6.45) is 6.10. The van der Waals surface area contributed by atoms with E-state index >= 15 is 0 Å². The number of thiazole rings is 1. The second kappa shape index (κ2) is 10.5. The number of hydrogen-bond acceptors (Lipinski definition) is 8. The Hall–Kier alpha value is -2.53. The summed E-state index contributed by atoms with van der Waals surface area (Å²) >= 11 is 5.43. The highest BCUT2D eigenvalue weighted by Gasteiger charge is 2.21. The maximum Gasteiger partial charge on any atom is 0.159 e. The summed E-state index contributed by atoms with van der Waals surface area (Å²) in [5, 5.41) is 3.74. The summed E-state index contributed by atoms with van der Waals surface area (Å²) in [6.45, 7) is 7.43. The van der Waals surface area contributed by atoms with E-state index < -0.39 is 0 Å². The fourth-order valence-corrected chi connectivity index (χ4v) is 6.14. The first-order valence-corrected chi connectivity index (χ1v) is 14.2. The summed E-state index contributed by atoms with van der Waals surface area (Å²) < 4.78 is 0.955. The number of anilines is 2. The van der Waals surface area contributed by atoms with Gasteiger partial charge >= 0.3 is 0 Å². The van der Waals surface area contributed by atoms with Crippen molar-refractivity contribution in [3.05, 3.63) is 51.5 Å². The average molecular weight is 568 g/mol. The molecule has 1 aromatic carbocycles. The van der Waals surface area contributed by atoms with Gasteiger partial charge in [0.1, 0.15) is 11.3 Å². The monoisotopic (exact) mass is 566 g/mol. The lowest BCUT2D eigenvalue weighted by atomic mass is 10.1. The summed E-state index contributed by atoms with van der Waals surface area (Å²) in [7, 11) is 2.19. The molecule has 2 saturated heterocycles. The van der Waals surface area contributed by atoms with Crippen LogP contribution in [0.5, 0.6) is 0 Å². The van der Waals surface area contributed by atoms with Crippen molar-refractivity contribution in [1.29, 1.82) is 0 Å². The number of hydrogen-bond donors (Lipinski definition) is 2. The lowest BCUT2D eigenvalue weighted by Gasteiger charge is -2.35. The maximum atomic E-state index is 4.97. The van der Waals surface area contributed by atoms with Crippen LogP contribution in [0.2, 0.25) is 0 Å². The largest absolute Gasteiger partial charge is 0.379 e. The van der Waals surface area contributed by atoms with Crippen molar-refractivity contribution in [2.45, 2.75) is 25.4 Å². The van der Waals surface area contributed by atoms with Gasteiger partial charge in [-0.05, 0) is 73.2 Å². The molecule has 0 aliphatic carbocycles. The van der Waals surface area contributed by atoms with Gasteiger partial charge in [-0.3, -0.25) is 9.88 Å². The van der Waals surface area contributed by atoms with Crippen LogP contribution in [0.4, 0.5) is 11.4 Å². The highest BCUT2D eigenvalue weighted by Crippen LogP contribution is 2.33. The first-order valence-electron chi connectivity index (χ1n) is 12.6. The third-order valence-corrected chi connectivity index (χ3v) is 8.64. The van der Waals surface area contributed by atoms with Crippen LogP contribution in [-0.4, -0.2) is 82.1 Å². The molecule has 5 heterocycles. The zero-order valence-corrected chi connectivity index (χ0v) is 22.9. The summed E-state index contributed by atoms with van der Waals surface area (Å²) in [4.78, 5) is 25.9. The molecule has 8 nitrogen and oxygen atoms in total. The van der Waals surface area contributed by atoms with Gasteiger partial charge < -0.3 is 20.1 Å². The fourth-order valence-electron chi connectivity index (χ4n) is 5.10. The normalized spacial score (nSPS) is 18.2. The second-order valence-corrected chi connectivity index (χ2v) is 11.6. The van der Waals surface area contributed by atoms with Crippen molar-refractivity contribution in [2.75, 3.05) is 56.5 Å². The molecule has 2 N–H and O–H groups in total. The van der Waals surface area contributed by atoms with E-state index in [1.165, 1.54) is 10.6 Å². The Labute approximate surface area is 223 Å². The molecule has 2 aliphatic heterocycles. The van der Waals surface area contributed by atoms with Crippen molar-refractivity contribution in [3.63, 3.8) is 0 Å². The number of fused-ring (bicyclic) bond motifs is 1. The lowest BCUT2D eigenvalue weighted by molar-refractivity contribution is 0.252. The minimum absolute atomic E-state index is 0.449. The van der Waals surface area contributed by atoms with Gasteiger partial charge in [-0.15, -0.1) is 11.3 Å². The number of halogens is 1. The number of benzene rings is 1. The Morgan fingerprint density at radius 1 is 1.06 bits per heavy atom. The highest BCUT2D eigenvalue weighted by atomic mass is 79.9. The number of rotatable bonds is 6. The van der Waals surface area contributed by atoms with Crippen LogP contribution in [0.3, 0.4) is 0 Å². The van der Waals surface area contributed by atoms with Crippen LogP contribution in [-0.2, 0) is 6.54 Å². The average Bonchev–Trinajstić information content (AvgIpc) is 3.58. The van der Waals surface area contributed by atoms with Gasteiger partial charge in [-0.2, -0.15) is 0 Å². The van der Waals surface area contributed by atoms with Gasteiger partial charge in [-0.25, -0.2) is 9.97 Å². The van der Waals surface area contributed by atoms with Crippen LogP contribution in [0, 0.1) is 0 Å². The minimum Gasteiger partial charge on any atom is -0.379 e. The van der Waals surface area contributed by atoms with Gasteiger partial charge in [0.2, 0.25) is 0 Å². The van der Waals surface area contributed by atoms with Crippen LogP contribution in [0.15, 0.2) is 46.6 Å². The lowest BCUT2D eigenvalue weighted by Crippen LogP contribution is -2.45. The number of aromatic nitrogens is 4. The molecule has 3 aromatic heterocycles. The number of piperazine rings is 1. The molecule has 0 bridgehead atoms. The molecule has 0 atom stereocenters. The number of nitrogens with one attached hydrogen (secondary N) is 2. The number of piperidine rings is 1. The van der Waals surface area contributed by atoms with E-state index in [2.05, 4.69) is 82.2 Å². The first-order chi connectivity index (χ1) is 17.6. The van der Waals surface area contributed by atoms with Crippen LogP contribution < -0.4 is 10.2 Å². The molecule has 0 spiro atoms.